The zero-order valence-electron chi connectivity index (χ0n) is 22.7. The van der Waals surface area contributed by atoms with Crippen molar-refractivity contribution >= 4 is 23.3 Å². The predicted octanol–water partition coefficient (Wildman–Crippen LogP) is 6.60. The topological polar surface area (TPSA) is 87.6 Å². The van der Waals surface area contributed by atoms with E-state index < -0.39 is 0 Å². The van der Waals surface area contributed by atoms with Crippen molar-refractivity contribution in [3.8, 4) is 17.0 Å². The van der Waals surface area contributed by atoms with Crippen LogP contribution in [0.15, 0.2) is 60.0 Å². The second-order valence-corrected chi connectivity index (χ2v) is 10.1. The number of nitrogens with zero attached hydrogens (tertiary/aromatic N) is 2. The smallest absolute Gasteiger partial charge is 0.339 e. The quantitative estimate of drug-likeness (QED) is 0.197. The predicted molar refractivity (Wildman–Crippen MR) is 151 cm³/mol. The fraction of sp³-hybridized carbons (Fsp3) is 0.290. The van der Waals surface area contributed by atoms with Gasteiger partial charge in [0.2, 0.25) is 5.88 Å². The van der Waals surface area contributed by atoms with Crippen LogP contribution in [0.4, 0.5) is 0 Å². The normalized spacial score (nSPS) is 10.8. The Balaban J connectivity index is 1.64. The lowest BCUT2D eigenvalue weighted by molar-refractivity contribution is 0.0591. The molecule has 0 saturated heterocycles. The summed E-state index contributed by atoms with van der Waals surface area (Å²) in [5.41, 5.74) is 5.75. The molecule has 0 N–H and O–H groups in total. The Morgan fingerprint density at radius 3 is 2.33 bits per heavy atom. The van der Waals surface area contributed by atoms with Crippen molar-refractivity contribution in [2.75, 3.05) is 14.2 Å². The number of rotatable bonds is 11. The van der Waals surface area contributed by atoms with Crippen LogP contribution < -0.4 is 4.74 Å². The number of hydrogen-bond donors (Lipinski definition) is 0. The van der Waals surface area contributed by atoms with Gasteiger partial charge in [-0.25, -0.2) is 14.6 Å². The maximum Gasteiger partial charge on any atom is 0.339 e. The summed E-state index contributed by atoms with van der Waals surface area (Å²) in [6.45, 7) is 4.23. The molecular formula is C31H32N2O5S. The number of aromatic nitrogens is 2. The van der Waals surface area contributed by atoms with Crippen molar-refractivity contribution in [1.82, 2.24) is 9.97 Å². The number of esters is 2. The number of benzene rings is 2. The number of aryl methyl sites for hydroxylation is 2. The van der Waals surface area contributed by atoms with E-state index in [4.69, 9.17) is 19.2 Å². The first-order valence-electron chi connectivity index (χ1n) is 12.9. The summed E-state index contributed by atoms with van der Waals surface area (Å²) < 4.78 is 16.1. The van der Waals surface area contributed by atoms with Gasteiger partial charge in [0.1, 0.15) is 12.4 Å². The molecule has 202 valence electrons. The largest absolute Gasteiger partial charge is 0.472 e. The standard InChI is InChI=1S/C31H32N2O5S/c1-5-6-11-27-26(29(33-20(2)32-27)38-19-28-25(16-17-39-28)31(35)37-4)18-21-12-14-22(15-13-21)23-9-7-8-10-24(23)30(34)36-3/h7-10,12-17H,5-6,11,18-19H2,1-4H3. The molecule has 0 atom stereocenters. The Morgan fingerprint density at radius 2 is 1.62 bits per heavy atom. The minimum absolute atomic E-state index is 0.210. The number of methoxy groups -OCH3 is 2. The summed E-state index contributed by atoms with van der Waals surface area (Å²) >= 11 is 1.45. The van der Waals surface area contributed by atoms with Crippen molar-refractivity contribution in [3.05, 3.63) is 98.6 Å². The van der Waals surface area contributed by atoms with Gasteiger partial charge in [0.25, 0.3) is 0 Å². The molecule has 39 heavy (non-hydrogen) atoms. The molecule has 4 rings (SSSR count). The number of hydrogen-bond acceptors (Lipinski definition) is 8. The molecule has 0 aliphatic rings. The molecule has 8 heteroatoms. The van der Waals surface area contributed by atoms with E-state index in [1.807, 2.05) is 54.8 Å². The molecule has 0 fully saturated rings. The Labute approximate surface area is 232 Å². The maximum absolute atomic E-state index is 12.3. The lowest BCUT2D eigenvalue weighted by Gasteiger charge is -2.16. The fourth-order valence-corrected chi connectivity index (χ4v) is 5.15. The number of thiophene rings is 1. The van der Waals surface area contributed by atoms with Crippen molar-refractivity contribution in [2.24, 2.45) is 0 Å². The van der Waals surface area contributed by atoms with Crippen LogP contribution in [-0.2, 0) is 28.9 Å². The molecule has 2 aromatic heterocycles. The average molecular weight is 545 g/mol. The minimum Gasteiger partial charge on any atom is -0.472 e. The number of ether oxygens (including phenoxy) is 3. The van der Waals surface area contributed by atoms with Crippen LogP contribution >= 0.6 is 11.3 Å². The van der Waals surface area contributed by atoms with Gasteiger partial charge in [0.15, 0.2) is 0 Å². The SMILES string of the molecule is CCCCc1nc(C)nc(OCc2sccc2C(=O)OC)c1Cc1ccc(-c2ccccc2C(=O)OC)cc1. The van der Waals surface area contributed by atoms with Crippen molar-refractivity contribution in [3.63, 3.8) is 0 Å². The Bertz CT molecular complexity index is 1450. The van der Waals surface area contributed by atoms with Crippen LogP contribution in [0, 0.1) is 6.92 Å². The highest BCUT2D eigenvalue weighted by atomic mass is 32.1. The van der Waals surface area contributed by atoms with Crippen molar-refractivity contribution in [2.45, 2.75) is 46.1 Å². The molecule has 2 aromatic carbocycles. The summed E-state index contributed by atoms with van der Waals surface area (Å²) in [6.07, 6.45) is 3.46. The van der Waals surface area contributed by atoms with E-state index in [0.29, 0.717) is 29.3 Å². The highest BCUT2D eigenvalue weighted by molar-refractivity contribution is 7.10. The van der Waals surface area contributed by atoms with Gasteiger partial charge in [-0.1, -0.05) is 55.8 Å². The highest BCUT2D eigenvalue weighted by Crippen LogP contribution is 2.29. The Kier molecular flexibility index (Phi) is 9.44. The van der Waals surface area contributed by atoms with Gasteiger partial charge >= 0.3 is 11.9 Å². The average Bonchev–Trinajstić information content (AvgIpc) is 3.44. The first-order valence-corrected chi connectivity index (χ1v) is 13.7. The summed E-state index contributed by atoms with van der Waals surface area (Å²) in [5, 5.41) is 1.85. The first kappa shape index (κ1) is 28.0. The van der Waals surface area contributed by atoms with Gasteiger partial charge in [-0.2, -0.15) is 4.98 Å². The number of unbranched alkanes of at least 4 members (excludes halogenated alkanes) is 1. The number of carbonyl (C=O) groups is 2. The fourth-order valence-electron chi connectivity index (χ4n) is 4.38. The second-order valence-electron chi connectivity index (χ2n) is 9.05. The van der Waals surface area contributed by atoms with E-state index in [1.54, 1.807) is 12.1 Å². The lowest BCUT2D eigenvalue weighted by atomic mass is 9.96. The molecule has 0 bridgehead atoms. The van der Waals surface area contributed by atoms with Crippen LogP contribution in [0.25, 0.3) is 11.1 Å². The molecule has 0 saturated carbocycles. The van der Waals surface area contributed by atoms with E-state index in [2.05, 4.69) is 11.9 Å². The van der Waals surface area contributed by atoms with Crippen molar-refractivity contribution < 1.29 is 23.8 Å². The maximum atomic E-state index is 12.3. The molecule has 0 aliphatic heterocycles. The molecule has 4 aromatic rings. The molecule has 0 unspecified atom stereocenters. The van der Waals surface area contributed by atoms with Gasteiger partial charge in [0.05, 0.1) is 35.9 Å². The Morgan fingerprint density at radius 1 is 0.897 bits per heavy atom. The van der Waals surface area contributed by atoms with E-state index >= 15 is 0 Å². The molecule has 0 spiro atoms. The van der Waals surface area contributed by atoms with Gasteiger partial charge in [-0.3, -0.25) is 0 Å². The zero-order valence-corrected chi connectivity index (χ0v) is 23.5. The van der Waals surface area contributed by atoms with E-state index in [0.717, 1.165) is 52.1 Å². The van der Waals surface area contributed by atoms with Crippen molar-refractivity contribution in [1.29, 1.82) is 0 Å². The first-order chi connectivity index (χ1) is 18.9. The lowest BCUT2D eigenvalue weighted by Crippen LogP contribution is -2.10. The van der Waals surface area contributed by atoms with Crippen LogP contribution in [0.3, 0.4) is 0 Å². The molecule has 2 heterocycles. The molecular weight excluding hydrogens is 512 g/mol. The van der Waals surface area contributed by atoms with Gasteiger partial charge < -0.3 is 14.2 Å². The van der Waals surface area contributed by atoms with Gasteiger partial charge in [-0.05, 0) is 54.0 Å². The number of carbonyl (C=O) groups excluding carboxylic acids is 2. The summed E-state index contributed by atoms with van der Waals surface area (Å²) in [7, 11) is 2.76. The summed E-state index contributed by atoms with van der Waals surface area (Å²) in [4.78, 5) is 34.6. The minimum atomic E-state index is -0.383. The molecule has 0 radical (unpaired) electrons. The van der Waals surface area contributed by atoms with E-state index in [-0.39, 0.29) is 18.5 Å². The third kappa shape index (κ3) is 6.70. The Hall–Kier alpha value is -4.04. The summed E-state index contributed by atoms with van der Waals surface area (Å²) in [6, 6.07) is 17.3. The van der Waals surface area contributed by atoms with Crippen LogP contribution in [0.5, 0.6) is 5.88 Å². The third-order valence-corrected chi connectivity index (χ3v) is 7.30. The monoisotopic (exact) mass is 544 g/mol. The van der Waals surface area contributed by atoms with Gasteiger partial charge in [-0.15, -0.1) is 11.3 Å². The van der Waals surface area contributed by atoms with Crippen LogP contribution in [-0.4, -0.2) is 36.1 Å². The second kappa shape index (κ2) is 13.2. The van der Waals surface area contributed by atoms with E-state index in [1.165, 1.54) is 25.6 Å². The third-order valence-electron chi connectivity index (χ3n) is 6.40. The molecule has 7 nitrogen and oxygen atoms in total. The molecule has 0 aliphatic carbocycles. The highest BCUT2D eigenvalue weighted by Gasteiger charge is 2.19. The summed E-state index contributed by atoms with van der Waals surface area (Å²) in [5.74, 6) is 0.424. The van der Waals surface area contributed by atoms with E-state index in [9.17, 15) is 9.59 Å². The zero-order chi connectivity index (χ0) is 27.8. The van der Waals surface area contributed by atoms with Crippen LogP contribution in [0.1, 0.15) is 68.0 Å². The van der Waals surface area contributed by atoms with Crippen LogP contribution in [0.2, 0.25) is 0 Å². The molecule has 0 amide bonds. The van der Waals surface area contributed by atoms with Gasteiger partial charge in [0, 0.05) is 12.0 Å².